The summed E-state index contributed by atoms with van der Waals surface area (Å²) in [5.74, 6) is -1.21. The molecule has 4 nitrogen and oxygen atoms in total. The van der Waals surface area contributed by atoms with Crippen molar-refractivity contribution in [2.24, 2.45) is 0 Å². The van der Waals surface area contributed by atoms with Crippen molar-refractivity contribution in [3.05, 3.63) is 65.0 Å². The van der Waals surface area contributed by atoms with Gasteiger partial charge in [-0.25, -0.2) is 4.39 Å². The minimum absolute atomic E-state index is 0.0207. The van der Waals surface area contributed by atoms with Crippen molar-refractivity contribution in [3.63, 3.8) is 0 Å². The first-order valence-electron chi connectivity index (χ1n) is 8.37. The highest BCUT2D eigenvalue weighted by atomic mass is 19.1. The molecule has 1 aliphatic carbocycles. The zero-order valence-corrected chi connectivity index (χ0v) is 14.4. The van der Waals surface area contributed by atoms with Crippen LogP contribution in [0.2, 0.25) is 0 Å². The molecule has 0 bridgehead atoms. The predicted molar refractivity (Wildman–Crippen MR) is 95.1 cm³/mol. The molecule has 0 aliphatic heterocycles. The summed E-state index contributed by atoms with van der Waals surface area (Å²) >= 11 is 0. The van der Waals surface area contributed by atoms with E-state index in [9.17, 15) is 14.0 Å². The lowest BCUT2D eigenvalue weighted by Crippen LogP contribution is -2.41. The number of likely N-dealkylation sites (N-methyl/N-ethyl adjacent to an activating group) is 1. The van der Waals surface area contributed by atoms with Gasteiger partial charge in [-0.15, -0.1) is 0 Å². The van der Waals surface area contributed by atoms with Crippen LogP contribution >= 0.6 is 0 Å². The Balaban J connectivity index is 1.80. The largest absolute Gasteiger partial charge is 0.338 e. The Morgan fingerprint density at radius 1 is 1.16 bits per heavy atom. The van der Waals surface area contributed by atoms with Crippen LogP contribution in [-0.4, -0.2) is 29.8 Å². The molecule has 0 radical (unpaired) electrons. The number of amides is 2. The molecule has 0 heterocycles. The first kappa shape index (κ1) is 17.1. The molecule has 0 aromatic heterocycles. The van der Waals surface area contributed by atoms with E-state index >= 15 is 0 Å². The van der Waals surface area contributed by atoms with E-state index in [4.69, 9.17) is 0 Å². The number of rotatable bonds is 3. The number of benzene rings is 2. The quantitative estimate of drug-likeness (QED) is 0.931. The SMILES string of the molecule is CC(=O)Nc1ccc(F)c(C(=O)N(C)C2CCc3ccccc3C2)c1. The van der Waals surface area contributed by atoms with Gasteiger partial charge in [0.15, 0.2) is 0 Å². The second kappa shape index (κ2) is 7.05. The monoisotopic (exact) mass is 340 g/mol. The first-order chi connectivity index (χ1) is 12.0. The fourth-order valence-electron chi connectivity index (χ4n) is 3.34. The van der Waals surface area contributed by atoms with E-state index in [0.717, 1.165) is 19.3 Å². The minimum Gasteiger partial charge on any atom is -0.338 e. The summed E-state index contributed by atoms with van der Waals surface area (Å²) in [5.41, 5.74) is 2.96. The summed E-state index contributed by atoms with van der Waals surface area (Å²) in [6.45, 7) is 1.37. The standard InChI is InChI=1S/C20H21FN2O2/c1-13(24)22-16-8-10-19(21)18(12-16)20(25)23(2)17-9-7-14-5-3-4-6-15(14)11-17/h3-6,8,10,12,17H,7,9,11H2,1-2H3,(H,22,24). The van der Waals surface area contributed by atoms with Gasteiger partial charge in [0, 0.05) is 25.7 Å². The predicted octanol–water partition coefficient (Wildman–Crippen LogP) is 3.41. The Hall–Kier alpha value is -2.69. The molecule has 2 aromatic carbocycles. The Morgan fingerprint density at radius 3 is 2.60 bits per heavy atom. The van der Waals surface area contributed by atoms with Crippen LogP contribution in [-0.2, 0) is 17.6 Å². The van der Waals surface area contributed by atoms with Crippen LogP contribution in [0.4, 0.5) is 10.1 Å². The fourth-order valence-corrected chi connectivity index (χ4v) is 3.34. The van der Waals surface area contributed by atoms with E-state index in [1.165, 1.54) is 36.2 Å². The van der Waals surface area contributed by atoms with Gasteiger partial charge in [-0.2, -0.15) is 0 Å². The maximum absolute atomic E-state index is 14.2. The third-order valence-corrected chi connectivity index (χ3v) is 4.71. The molecule has 0 spiro atoms. The van der Waals surface area contributed by atoms with Gasteiger partial charge in [0.05, 0.1) is 5.56 Å². The number of anilines is 1. The van der Waals surface area contributed by atoms with Crippen molar-refractivity contribution >= 4 is 17.5 Å². The van der Waals surface area contributed by atoms with Gasteiger partial charge in [0.1, 0.15) is 5.82 Å². The van der Waals surface area contributed by atoms with Gasteiger partial charge in [-0.1, -0.05) is 24.3 Å². The van der Waals surface area contributed by atoms with Gasteiger partial charge in [0.2, 0.25) is 5.91 Å². The normalized spacial score (nSPS) is 16.0. The summed E-state index contributed by atoms with van der Waals surface area (Å²) in [4.78, 5) is 25.6. The van der Waals surface area contributed by atoms with Crippen LogP contribution < -0.4 is 5.32 Å². The lowest BCUT2D eigenvalue weighted by Gasteiger charge is -2.32. The molecule has 1 N–H and O–H groups in total. The average molecular weight is 340 g/mol. The van der Waals surface area contributed by atoms with E-state index in [2.05, 4.69) is 17.4 Å². The number of halogens is 1. The second-order valence-electron chi connectivity index (χ2n) is 6.46. The number of carbonyl (C=O) groups excluding carboxylic acids is 2. The molecule has 0 saturated heterocycles. The number of aryl methyl sites for hydroxylation is 1. The highest BCUT2D eigenvalue weighted by molar-refractivity contribution is 5.97. The summed E-state index contributed by atoms with van der Waals surface area (Å²) in [7, 11) is 1.71. The lowest BCUT2D eigenvalue weighted by atomic mass is 9.87. The number of hydrogen-bond donors (Lipinski definition) is 1. The number of carbonyl (C=O) groups is 2. The molecule has 0 saturated carbocycles. The van der Waals surface area contributed by atoms with Gasteiger partial charge in [-0.05, 0) is 48.6 Å². The van der Waals surface area contributed by atoms with E-state index in [1.54, 1.807) is 11.9 Å². The lowest BCUT2D eigenvalue weighted by molar-refractivity contribution is -0.114. The van der Waals surface area contributed by atoms with E-state index in [0.29, 0.717) is 5.69 Å². The summed E-state index contributed by atoms with van der Waals surface area (Å²) in [6.07, 6.45) is 2.53. The number of nitrogens with zero attached hydrogens (tertiary/aromatic N) is 1. The van der Waals surface area contributed by atoms with Crippen molar-refractivity contribution in [2.45, 2.75) is 32.2 Å². The Kier molecular flexibility index (Phi) is 4.83. The topological polar surface area (TPSA) is 49.4 Å². The van der Waals surface area contributed by atoms with Gasteiger partial charge in [-0.3, -0.25) is 9.59 Å². The first-order valence-corrected chi connectivity index (χ1v) is 8.37. The van der Waals surface area contributed by atoms with E-state index < -0.39 is 5.82 Å². The van der Waals surface area contributed by atoms with Crippen molar-refractivity contribution in [1.82, 2.24) is 4.90 Å². The van der Waals surface area contributed by atoms with Crippen LogP contribution in [0.5, 0.6) is 0 Å². The maximum Gasteiger partial charge on any atom is 0.256 e. The maximum atomic E-state index is 14.2. The van der Waals surface area contributed by atoms with Crippen LogP contribution in [0.15, 0.2) is 42.5 Å². The molecular formula is C20H21FN2O2. The van der Waals surface area contributed by atoms with Crippen LogP contribution in [0.1, 0.15) is 34.8 Å². The van der Waals surface area contributed by atoms with Gasteiger partial charge in [0.25, 0.3) is 5.91 Å². The van der Waals surface area contributed by atoms with Gasteiger partial charge >= 0.3 is 0 Å². The van der Waals surface area contributed by atoms with E-state index in [-0.39, 0.29) is 23.4 Å². The molecule has 25 heavy (non-hydrogen) atoms. The molecule has 1 unspecified atom stereocenters. The van der Waals surface area contributed by atoms with Crippen molar-refractivity contribution < 1.29 is 14.0 Å². The zero-order chi connectivity index (χ0) is 18.0. The van der Waals surface area contributed by atoms with Crippen molar-refractivity contribution in [1.29, 1.82) is 0 Å². The highest BCUT2D eigenvalue weighted by Crippen LogP contribution is 2.25. The molecule has 5 heteroatoms. The molecule has 1 aliphatic rings. The molecule has 0 fully saturated rings. The third-order valence-electron chi connectivity index (χ3n) is 4.71. The third kappa shape index (κ3) is 3.71. The average Bonchev–Trinajstić information content (AvgIpc) is 2.61. The zero-order valence-electron chi connectivity index (χ0n) is 14.4. The Bertz CT molecular complexity index is 819. The summed E-state index contributed by atoms with van der Waals surface area (Å²) in [6, 6.07) is 12.3. The summed E-state index contributed by atoms with van der Waals surface area (Å²) in [5, 5.41) is 2.58. The van der Waals surface area contributed by atoms with Crippen LogP contribution in [0.3, 0.4) is 0 Å². The number of nitrogens with one attached hydrogen (secondary N) is 1. The molecule has 130 valence electrons. The van der Waals surface area contributed by atoms with Crippen LogP contribution in [0.25, 0.3) is 0 Å². The smallest absolute Gasteiger partial charge is 0.256 e. The van der Waals surface area contributed by atoms with Crippen molar-refractivity contribution in [3.8, 4) is 0 Å². The summed E-state index contributed by atoms with van der Waals surface area (Å²) < 4.78 is 14.2. The minimum atomic E-state index is -0.581. The van der Waals surface area contributed by atoms with Crippen molar-refractivity contribution in [2.75, 3.05) is 12.4 Å². The Morgan fingerprint density at radius 2 is 1.88 bits per heavy atom. The molecular weight excluding hydrogens is 319 g/mol. The molecule has 2 amide bonds. The molecule has 1 atom stereocenters. The van der Waals surface area contributed by atoms with Crippen LogP contribution in [0, 0.1) is 5.82 Å². The molecule has 3 rings (SSSR count). The Labute approximate surface area is 146 Å². The molecule has 2 aromatic rings. The number of hydrogen-bond acceptors (Lipinski definition) is 2. The van der Waals surface area contributed by atoms with E-state index in [1.807, 2.05) is 12.1 Å². The van der Waals surface area contributed by atoms with Gasteiger partial charge < -0.3 is 10.2 Å². The second-order valence-corrected chi connectivity index (χ2v) is 6.46. The number of fused-ring (bicyclic) bond motifs is 1. The highest BCUT2D eigenvalue weighted by Gasteiger charge is 2.27. The fraction of sp³-hybridized carbons (Fsp3) is 0.300.